The molecule has 0 unspecified atom stereocenters. The molecule has 1 aliphatic heterocycles. The minimum atomic E-state index is -0.262. The summed E-state index contributed by atoms with van der Waals surface area (Å²) in [5.41, 5.74) is 1.76. The topological polar surface area (TPSA) is 108 Å². The lowest BCUT2D eigenvalue weighted by molar-refractivity contribution is -0.113. The van der Waals surface area contributed by atoms with E-state index in [1.807, 2.05) is 0 Å². The van der Waals surface area contributed by atoms with Gasteiger partial charge in [0, 0.05) is 18.7 Å². The molecule has 0 saturated heterocycles. The summed E-state index contributed by atoms with van der Waals surface area (Å²) in [5.74, 6) is 1.16. The van der Waals surface area contributed by atoms with Crippen LogP contribution in [0, 0.1) is 0 Å². The molecule has 0 atom stereocenters. The highest BCUT2D eigenvalue weighted by atomic mass is 32.2. The molecule has 3 N–H and O–H groups in total. The van der Waals surface area contributed by atoms with Crippen molar-refractivity contribution >= 4 is 34.4 Å². The van der Waals surface area contributed by atoms with E-state index < -0.39 is 0 Å². The zero-order valence-electron chi connectivity index (χ0n) is 13.5. The molecule has 1 aromatic carbocycles. The van der Waals surface area contributed by atoms with E-state index in [0.717, 1.165) is 36.8 Å². The van der Waals surface area contributed by atoms with Gasteiger partial charge in [-0.1, -0.05) is 18.2 Å². The summed E-state index contributed by atoms with van der Waals surface area (Å²) in [5, 5.41) is 12.1. The molecular weight excluding hydrogens is 340 g/mol. The SMILES string of the molecule is O=C(CSc1nnc2n1CCCCC2)Nc1ccc2[nH]c(=O)[nH]c2c1. The maximum atomic E-state index is 12.2. The van der Waals surface area contributed by atoms with E-state index in [0.29, 0.717) is 16.7 Å². The molecule has 0 bridgehead atoms. The molecule has 0 aliphatic carbocycles. The van der Waals surface area contributed by atoms with Crippen LogP contribution in [0.5, 0.6) is 0 Å². The molecule has 2 aromatic heterocycles. The molecule has 9 heteroatoms. The molecule has 0 radical (unpaired) electrons. The molecule has 8 nitrogen and oxygen atoms in total. The quantitative estimate of drug-likeness (QED) is 0.617. The number of rotatable bonds is 4. The molecular formula is C16H18N6O2S. The van der Waals surface area contributed by atoms with Crippen molar-refractivity contribution < 1.29 is 4.79 Å². The molecule has 0 fully saturated rings. The minimum absolute atomic E-state index is 0.117. The summed E-state index contributed by atoms with van der Waals surface area (Å²) in [7, 11) is 0. The van der Waals surface area contributed by atoms with Crippen molar-refractivity contribution in [1.29, 1.82) is 0 Å². The Balaban J connectivity index is 1.40. The lowest BCUT2D eigenvalue weighted by Crippen LogP contribution is -2.14. The van der Waals surface area contributed by atoms with Crippen LogP contribution in [-0.4, -0.2) is 36.4 Å². The van der Waals surface area contributed by atoms with Crippen molar-refractivity contribution in [3.63, 3.8) is 0 Å². The van der Waals surface area contributed by atoms with Gasteiger partial charge in [0.15, 0.2) is 5.16 Å². The van der Waals surface area contributed by atoms with Crippen LogP contribution in [0.1, 0.15) is 25.1 Å². The van der Waals surface area contributed by atoms with Crippen LogP contribution >= 0.6 is 11.8 Å². The number of fused-ring (bicyclic) bond motifs is 2. The van der Waals surface area contributed by atoms with Crippen molar-refractivity contribution in [2.24, 2.45) is 0 Å². The fourth-order valence-electron chi connectivity index (χ4n) is 3.00. The molecule has 4 rings (SSSR count). The largest absolute Gasteiger partial charge is 0.325 e. The van der Waals surface area contributed by atoms with Gasteiger partial charge >= 0.3 is 5.69 Å². The van der Waals surface area contributed by atoms with Gasteiger partial charge in [-0.3, -0.25) is 4.79 Å². The van der Waals surface area contributed by atoms with Crippen LogP contribution in [0.4, 0.5) is 5.69 Å². The fraction of sp³-hybridized carbons (Fsp3) is 0.375. The number of benzene rings is 1. The Labute approximate surface area is 147 Å². The average Bonchev–Trinajstić information content (AvgIpc) is 3.06. The average molecular weight is 358 g/mol. The van der Waals surface area contributed by atoms with Gasteiger partial charge in [-0.15, -0.1) is 10.2 Å². The molecule has 3 heterocycles. The monoisotopic (exact) mass is 358 g/mol. The van der Waals surface area contributed by atoms with E-state index in [4.69, 9.17) is 0 Å². The number of thioether (sulfide) groups is 1. The first-order valence-corrected chi connectivity index (χ1v) is 9.24. The second-order valence-corrected chi connectivity index (χ2v) is 6.98. The van der Waals surface area contributed by atoms with Crippen LogP contribution < -0.4 is 11.0 Å². The summed E-state index contributed by atoms with van der Waals surface area (Å²) in [6.45, 7) is 0.920. The van der Waals surface area contributed by atoms with Crippen LogP contribution in [0.2, 0.25) is 0 Å². The third kappa shape index (κ3) is 3.46. The van der Waals surface area contributed by atoms with Crippen molar-refractivity contribution in [2.45, 2.75) is 37.4 Å². The molecule has 0 saturated carbocycles. The lowest BCUT2D eigenvalue weighted by Gasteiger charge is -2.07. The number of hydrogen-bond acceptors (Lipinski definition) is 5. The highest BCUT2D eigenvalue weighted by Crippen LogP contribution is 2.22. The maximum Gasteiger partial charge on any atom is 0.323 e. The molecule has 0 spiro atoms. The molecule has 1 aliphatic rings. The smallest absolute Gasteiger partial charge is 0.323 e. The predicted octanol–water partition coefficient (Wildman–Crippen LogP) is 1.90. The number of nitrogens with one attached hydrogen (secondary N) is 3. The Hall–Kier alpha value is -2.55. The number of aromatic nitrogens is 5. The van der Waals surface area contributed by atoms with Gasteiger partial charge in [0.1, 0.15) is 5.82 Å². The Morgan fingerprint density at radius 2 is 2.08 bits per heavy atom. The zero-order chi connectivity index (χ0) is 17.2. The summed E-state index contributed by atoms with van der Waals surface area (Å²) in [6.07, 6.45) is 4.43. The summed E-state index contributed by atoms with van der Waals surface area (Å²) >= 11 is 1.40. The van der Waals surface area contributed by atoms with Crippen LogP contribution in [0.3, 0.4) is 0 Å². The van der Waals surface area contributed by atoms with E-state index in [9.17, 15) is 9.59 Å². The van der Waals surface area contributed by atoms with E-state index in [2.05, 4.69) is 30.0 Å². The van der Waals surface area contributed by atoms with Gasteiger partial charge in [-0.05, 0) is 31.0 Å². The highest BCUT2D eigenvalue weighted by molar-refractivity contribution is 7.99. The Bertz CT molecular complexity index is 973. The summed E-state index contributed by atoms with van der Waals surface area (Å²) in [4.78, 5) is 28.8. The van der Waals surface area contributed by atoms with Gasteiger partial charge in [0.05, 0.1) is 16.8 Å². The molecule has 1 amide bonds. The standard InChI is InChI=1S/C16H18N6O2S/c23-14(17-10-5-6-11-12(8-10)19-15(24)18-11)9-25-16-21-20-13-4-2-1-3-7-22(13)16/h5-6,8H,1-4,7,9H2,(H,17,23)(H2,18,19,24). The lowest BCUT2D eigenvalue weighted by atomic mass is 10.2. The predicted molar refractivity (Wildman–Crippen MR) is 95.9 cm³/mol. The zero-order valence-corrected chi connectivity index (χ0v) is 14.4. The van der Waals surface area contributed by atoms with E-state index >= 15 is 0 Å². The number of anilines is 1. The van der Waals surface area contributed by atoms with Crippen LogP contribution in [0.25, 0.3) is 11.0 Å². The number of amides is 1. The highest BCUT2D eigenvalue weighted by Gasteiger charge is 2.16. The second kappa shape index (κ2) is 6.75. The fourth-order valence-corrected chi connectivity index (χ4v) is 3.79. The van der Waals surface area contributed by atoms with E-state index in [1.54, 1.807) is 18.2 Å². The number of H-pyrrole nitrogens is 2. The van der Waals surface area contributed by atoms with Crippen molar-refractivity contribution in [3.8, 4) is 0 Å². The third-order valence-electron chi connectivity index (χ3n) is 4.21. The first kappa shape index (κ1) is 15.9. The van der Waals surface area contributed by atoms with Gasteiger partial charge in [0.2, 0.25) is 5.91 Å². The third-order valence-corrected chi connectivity index (χ3v) is 5.17. The second-order valence-electron chi connectivity index (χ2n) is 6.04. The van der Waals surface area contributed by atoms with Gasteiger partial charge in [-0.25, -0.2) is 4.79 Å². The number of carbonyl (C=O) groups excluding carboxylic acids is 1. The number of aryl methyl sites for hydroxylation is 1. The summed E-state index contributed by atoms with van der Waals surface area (Å²) in [6, 6.07) is 5.26. The molecule has 130 valence electrons. The van der Waals surface area contributed by atoms with Crippen molar-refractivity contribution in [1.82, 2.24) is 24.7 Å². The maximum absolute atomic E-state index is 12.2. The first-order valence-electron chi connectivity index (χ1n) is 8.26. The Kier molecular flexibility index (Phi) is 4.31. The van der Waals surface area contributed by atoms with Crippen molar-refractivity contribution in [3.05, 3.63) is 34.5 Å². The Morgan fingerprint density at radius 1 is 1.20 bits per heavy atom. The van der Waals surface area contributed by atoms with Crippen molar-refractivity contribution in [2.75, 3.05) is 11.1 Å². The van der Waals surface area contributed by atoms with E-state index in [-0.39, 0.29) is 17.3 Å². The minimum Gasteiger partial charge on any atom is -0.325 e. The molecule has 3 aromatic rings. The Morgan fingerprint density at radius 3 is 3.00 bits per heavy atom. The summed E-state index contributed by atoms with van der Waals surface area (Å²) < 4.78 is 2.13. The first-order chi connectivity index (χ1) is 12.2. The van der Waals surface area contributed by atoms with Crippen LogP contribution in [0.15, 0.2) is 28.2 Å². The van der Waals surface area contributed by atoms with Gasteiger partial charge < -0.3 is 19.9 Å². The van der Waals surface area contributed by atoms with Crippen LogP contribution in [-0.2, 0) is 17.8 Å². The van der Waals surface area contributed by atoms with E-state index in [1.165, 1.54) is 18.2 Å². The number of nitrogens with zero attached hydrogens (tertiary/aromatic N) is 3. The number of carbonyl (C=O) groups is 1. The number of aromatic amines is 2. The van der Waals surface area contributed by atoms with Gasteiger partial charge in [0.25, 0.3) is 0 Å². The normalized spacial score (nSPS) is 14.2. The molecule has 25 heavy (non-hydrogen) atoms. The number of hydrogen-bond donors (Lipinski definition) is 3. The number of imidazole rings is 1. The van der Waals surface area contributed by atoms with Gasteiger partial charge in [-0.2, -0.15) is 0 Å².